The summed E-state index contributed by atoms with van der Waals surface area (Å²) in [6.07, 6.45) is 3.37. The number of hydrogen-bond donors (Lipinski definition) is 1. The Morgan fingerprint density at radius 2 is 1.85 bits per heavy atom. The minimum Gasteiger partial charge on any atom is -0.496 e. The number of rotatable bonds is 7. The molecule has 6 nitrogen and oxygen atoms in total. The van der Waals surface area contributed by atoms with Crippen molar-refractivity contribution in [1.82, 2.24) is 18.9 Å². The average molecular weight is 460 g/mol. The monoisotopic (exact) mass is 459 g/mol. The van der Waals surface area contributed by atoms with E-state index in [1.54, 1.807) is 25.7 Å². The molecule has 0 aliphatic heterocycles. The Kier molecular flexibility index (Phi) is 5.75. The van der Waals surface area contributed by atoms with Crippen LogP contribution in [-0.2, 0) is 6.54 Å². The van der Waals surface area contributed by atoms with Gasteiger partial charge in [-0.25, -0.2) is 18.7 Å². The van der Waals surface area contributed by atoms with E-state index in [1.165, 1.54) is 17.6 Å². The largest absolute Gasteiger partial charge is 0.496 e. The SMILES string of the molecule is COc1cc(F)cc2c1cc(C)n2CCNc1cc(-c2ccc(-c3ccns3)cc2)ncn1. The highest BCUT2D eigenvalue weighted by atomic mass is 32.1. The molecule has 5 rings (SSSR count). The molecule has 0 radical (unpaired) electrons. The van der Waals surface area contributed by atoms with Crippen molar-refractivity contribution in [2.75, 3.05) is 19.0 Å². The van der Waals surface area contributed by atoms with E-state index in [4.69, 9.17) is 4.74 Å². The van der Waals surface area contributed by atoms with E-state index in [0.717, 1.165) is 44.1 Å². The standard InChI is InChI=1S/C25H22FN5OS/c1-16-11-20-22(12-19(26)13-23(20)32-2)31(16)10-9-27-25-14-21(28-15-29-25)17-3-5-18(6-4-17)24-7-8-30-33-24/h3-8,11-15H,9-10H2,1-2H3,(H,27,28,29). The number of halogens is 1. The third-order valence-corrected chi connectivity index (χ3v) is 6.38. The Hall–Kier alpha value is -3.78. The second kappa shape index (κ2) is 8.99. The van der Waals surface area contributed by atoms with Gasteiger partial charge in [0.2, 0.25) is 0 Å². The molecule has 0 amide bonds. The minimum atomic E-state index is -0.312. The van der Waals surface area contributed by atoms with Crippen molar-refractivity contribution in [1.29, 1.82) is 0 Å². The summed E-state index contributed by atoms with van der Waals surface area (Å²) < 4.78 is 25.6. The van der Waals surface area contributed by atoms with Crippen LogP contribution in [0, 0.1) is 12.7 Å². The molecule has 0 aliphatic carbocycles. The summed E-state index contributed by atoms with van der Waals surface area (Å²) in [4.78, 5) is 9.91. The molecule has 0 bridgehead atoms. The van der Waals surface area contributed by atoms with Crippen LogP contribution in [0.3, 0.4) is 0 Å². The number of benzene rings is 2. The summed E-state index contributed by atoms with van der Waals surface area (Å²) >= 11 is 1.48. The minimum absolute atomic E-state index is 0.312. The number of nitrogens with one attached hydrogen (secondary N) is 1. The maximum Gasteiger partial charge on any atom is 0.131 e. The maximum absolute atomic E-state index is 14.0. The summed E-state index contributed by atoms with van der Waals surface area (Å²) in [5.41, 5.74) is 4.85. The number of aryl methyl sites for hydroxylation is 1. The van der Waals surface area contributed by atoms with Gasteiger partial charge in [0.1, 0.15) is 23.7 Å². The fourth-order valence-corrected chi connectivity index (χ4v) is 4.57. The highest BCUT2D eigenvalue weighted by Crippen LogP contribution is 2.30. The van der Waals surface area contributed by atoms with Gasteiger partial charge in [-0.3, -0.25) is 0 Å². The molecule has 1 N–H and O–H groups in total. The van der Waals surface area contributed by atoms with E-state index in [0.29, 0.717) is 18.8 Å². The third kappa shape index (κ3) is 4.29. The van der Waals surface area contributed by atoms with Crippen molar-refractivity contribution in [3.63, 3.8) is 0 Å². The molecule has 33 heavy (non-hydrogen) atoms. The Labute approximate surface area is 194 Å². The van der Waals surface area contributed by atoms with E-state index in [9.17, 15) is 4.39 Å². The maximum atomic E-state index is 14.0. The van der Waals surface area contributed by atoms with Crippen LogP contribution >= 0.6 is 11.5 Å². The first-order chi connectivity index (χ1) is 16.1. The second-order valence-corrected chi connectivity index (χ2v) is 8.48. The summed E-state index contributed by atoms with van der Waals surface area (Å²) in [6, 6.07) is 17.2. The van der Waals surface area contributed by atoms with E-state index >= 15 is 0 Å². The molecule has 5 aromatic rings. The lowest BCUT2D eigenvalue weighted by Gasteiger charge is -2.11. The van der Waals surface area contributed by atoms with Gasteiger partial charge in [-0.15, -0.1) is 0 Å². The molecule has 8 heteroatoms. The van der Waals surface area contributed by atoms with Crippen molar-refractivity contribution >= 4 is 28.3 Å². The van der Waals surface area contributed by atoms with Gasteiger partial charge in [-0.2, -0.15) is 0 Å². The third-order valence-electron chi connectivity index (χ3n) is 5.59. The predicted octanol–water partition coefficient (Wildman–Crippen LogP) is 5.79. The van der Waals surface area contributed by atoms with Crippen LogP contribution in [0.25, 0.3) is 32.6 Å². The van der Waals surface area contributed by atoms with Crippen molar-refractivity contribution in [3.05, 3.63) is 78.6 Å². The Morgan fingerprint density at radius 1 is 1.03 bits per heavy atom. The second-order valence-electron chi connectivity index (χ2n) is 7.65. The van der Waals surface area contributed by atoms with Gasteiger partial charge in [0.05, 0.1) is 23.2 Å². The quantitative estimate of drug-likeness (QED) is 0.334. The lowest BCUT2D eigenvalue weighted by Crippen LogP contribution is -2.12. The number of aromatic nitrogens is 4. The molecule has 0 saturated heterocycles. The molecule has 3 aromatic heterocycles. The fraction of sp³-hybridized carbons (Fsp3) is 0.160. The topological polar surface area (TPSA) is 64.9 Å². The molecule has 2 aromatic carbocycles. The molecule has 0 unspecified atom stereocenters. The molecule has 0 spiro atoms. The lowest BCUT2D eigenvalue weighted by atomic mass is 10.1. The first kappa shape index (κ1) is 21.1. The van der Waals surface area contributed by atoms with E-state index in [2.05, 4.69) is 48.5 Å². The first-order valence-corrected chi connectivity index (χ1v) is 11.3. The van der Waals surface area contributed by atoms with Gasteiger partial charge in [-0.1, -0.05) is 24.3 Å². The summed E-state index contributed by atoms with van der Waals surface area (Å²) in [5, 5.41) is 4.26. The first-order valence-electron chi connectivity index (χ1n) is 10.5. The molecule has 0 atom stereocenters. The van der Waals surface area contributed by atoms with Gasteiger partial charge in [0.25, 0.3) is 0 Å². The van der Waals surface area contributed by atoms with Crippen molar-refractivity contribution in [2.45, 2.75) is 13.5 Å². The molecule has 166 valence electrons. The van der Waals surface area contributed by atoms with Gasteiger partial charge < -0.3 is 14.6 Å². The number of methoxy groups -OCH3 is 1. The fourth-order valence-electron chi connectivity index (χ4n) is 3.97. The lowest BCUT2D eigenvalue weighted by molar-refractivity contribution is 0.416. The zero-order valence-corrected chi connectivity index (χ0v) is 19.1. The normalized spacial score (nSPS) is 11.1. The summed E-state index contributed by atoms with van der Waals surface area (Å²) in [6.45, 7) is 3.30. The van der Waals surface area contributed by atoms with Crippen LogP contribution in [0.15, 0.2) is 67.1 Å². The van der Waals surface area contributed by atoms with Crippen molar-refractivity contribution < 1.29 is 9.13 Å². The number of fused-ring (bicyclic) bond motifs is 1. The number of ether oxygens (including phenoxy) is 1. The molecule has 0 aliphatic rings. The smallest absolute Gasteiger partial charge is 0.131 e. The van der Waals surface area contributed by atoms with E-state index in [-0.39, 0.29) is 5.82 Å². The summed E-state index contributed by atoms with van der Waals surface area (Å²) in [7, 11) is 1.56. The van der Waals surface area contributed by atoms with Crippen LogP contribution in [0.1, 0.15) is 5.69 Å². The molecule has 3 heterocycles. The van der Waals surface area contributed by atoms with Gasteiger partial charge in [-0.05, 0) is 42.2 Å². The van der Waals surface area contributed by atoms with Crippen LogP contribution in [0.5, 0.6) is 5.75 Å². The Balaban J connectivity index is 1.30. The number of hydrogen-bond acceptors (Lipinski definition) is 6. The zero-order chi connectivity index (χ0) is 22.8. The molecular weight excluding hydrogens is 437 g/mol. The van der Waals surface area contributed by atoms with Crippen LogP contribution < -0.4 is 10.1 Å². The molecular formula is C25H22FN5OS. The van der Waals surface area contributed by atoms with Crippen LogP contribution in [0.2, 0.25) is 0 Å². The Morgan fingerprint density at radius 3 is 2.61 bits per heavy atom. The van der Waals surface area contributed by atoms with Crippen LogP contribution in [0.4, 0.5) is 10.2 Å². The number of nitrogens with zero attached hydrogens (tertiary/aromatic N) is 4. The van der Waals surface area contributed by atoms with Gasteiger partial charge in [0, 0.05) is 48.1 Å². The van der Waals surface area contributed by atoms with E-state index in [1.807, 2.05) is 25.1 Å². The van der Waals surface area contributed by atoms with Gasteiger partial charge in [0.15, 0.2) is 0 Å². The number of anilines is 1. The predicted molar refractivity (Wildman–Crippen MR) is 130 cm³/mol. The zero-order valence-electron chi connectivity index (χ0n) is 18.2. The summed E-state index contributed by atoms with van der Waals surface area (Å²) in [5.74, 6) is 0.972. The Bertz CT molecular complexity index is 1400. The van der Waals surface area contributed by atoms with Crippen LogP contribution in [-0.4, -0.2) is 32.6 Å². The van der Waals surface area contributed by atoms with Crippen molar-refractivity contribution in [2.24, 2.45) is 0 Å². The van der Waals surface area contributed by atoms with Crippen molar-refractivity contribution in [3.8, 4) is 27.4 Å². The average Bonchev–Trinajstić information content (AvgIpc) is 3.48. The highest BCUT2D eigenvalue weighted by Gasteiger charge is 2.12. The van der Waals surface area contributed by atoms with Gasteiger partial charge >= 0.3 is 0 Å². The van der Waals surface area contributed by atoms with E-state index < -0.39 is 0 Å². The molecule has 0 saturated carbocycles. The highest BCUT2D eigenvalue weighted by molar-refractivity contribution is 7.09. The molecule has 0 fully saturated rings.